The Morgan fingerprint density at radius 2 is 1.92 bits per heavy atom. The normalized spacial score (nSPS) is 21.5. The lowest BCUT2D eigenvalue weighted by Crippen LogP contribution is -2.22. The van der Waals surface area contributed by atoms with Gasteiger partial charge in [-0.05, 0) is 37.6 Å². The first-order valence-corrected chi connectivity index (χ1v) is 5.02. The van der Waals surface area contributed by atoms with Gasteiger partial charge in [-0.25, -0.2) is 0 Å². The Morgan fingerprint density at radius 1 is 1.25 bits per heavy atom. The topological polar surface area (TPSA) is 35.2 Å². The molecule has 2 N–H and O–H groups in total. The third kappa shape index (κ3) is 2.46. The SMILES string of the molecule is COCCC1(CCN)CCCC1. The van der Waals surface area contributed by atoms with Gasteiger partial charge in [0.2, 0.25) is 0 Å². The molecule has 0 aliphatic heterocycles. The number of nitrogens with two attached hydrogens (primary N) is 1. The van der Waals surface area contributed by atoms with E-state index in [1.54, 1.807) is 7.11 Å². The van der Waals surface area contributed by atoms with Crippen LogP contribution in [0, 0.1) is 5.41 Å². The van der Waals surface area contributed by atoms with Gasteiger partial charge >= 0.3 is 0 Å². The van der Waals surface area contributed by atoms with E-state index >= 15 is 0 Å². The van der Waals surface area contributed by atoms with Crippen LogP contribution in [0.15, 0.2) is 0 Å². The van der Waals surface area contributed by atoms with Crippen LogP contribution in [0.25, 0.3) is 0 Å². The predicted octanol–water partition coefficient (Wildman–Crippen LogP) is 1.93. The minimum absolute atomic E-state index is 0.546. The van der Waals surface area contributed by atoms with E-state index in [2.05, 4.69) is 0 Å². The van der Waals surface area contributed by atoms with Crippen LogP contribution in [0.4, 0.5) is 0 Å². The molecule has 12 heavy (non-hydrogen) atoms. The van der Waals surface area contributed by atoms with Gasteiger partial charge < -0.3 is 10.5 Å². The summed E-state index contributed by atoms with van der Waals surface area (Å²) >= 11 is 0. The molecule has 1 aliphatic rings. The Labute approximate surface area is 75.5 Å². The summed E-state index contributed by atoms with van der Waals surface area (Å²) in [5.74, 6) is 0. The molecule has 0 bridgehead atoms. The molecule has 2 heteroatoms. The fourth-order valence-electron chi connectivity index (χ4n) is 2.37. The zero-order chi connectivity index (χ0) is 8.86. The van der Waals surface area contributed by atoms with Crippen molar-refractivity contribution in [3.8, 4) is 0 Å². The van der Waals surface area contributed by atoms with Gasteiger partial charge in [-0.15, -0.1) is 0 Å². The van der Waals surface area contributed by atoms with Gasteiger partial charge in [0.25, 0.3) is 0 Å². The van der Waals surface area contributed by atoms with Crippen LogP contribution in [-0.2, 0) is 4.74 Å². The first kappa shape index (κ1) is 10.0. The molecule has 0 aromatic carbocycles. The summed E-state index contributed by atoms with van der Waals surface area (Å²) < 4.78 is 5.13. The molecule has 0 aromatic heterocycles. The van der Waals surface area contributed by atoms with E-state index in [0.717, 1.165) is 13.2 Å². The summed E-state index contributed by atoms with van der Waals surface area (Å²) in [5.41, 5.74) is 6.17. The van der Waals surface area contributed by atoms with Crippen LogP contribution in [0.2, 0.25) is 0 Å². The van der Waals surface area contributed by atoms with Crippen molar-refractivity contribution in [2.45, 2.75) is 38.5 Å². The van der Waals surface area contributed by atoms with Crippen LogP contribution in [0.3, 0.4) is 0 Å². The number of hydrogen-bond acceptors (Lipinski definition) is 2. The maximum absolute atomic E-state index is 5.62. The Morgan fingerprint density at radius 3 is 2.42 bits per heavy atom. The van der Waals surface area contributed by atoms with Crippen LogP contribution in [0.5, 0.6) is 0 Å². The first-order chi connectivity index (χ1) is 5.83. The summed E-state index contributed by atoms with van der Waals surface area (Å²) in [6.07, 6.45) is 7.92. The molecule has 0 amide bonds. The summed E-state index contributed by atoms with van der Waals surface area (Å²) in [6, 6.07) is 0. The Hall–Kier alpha value is -0.0800. The highest BCUT2D eigenvalue weighted by atomic mass is 16.5. The van der Waals surface area contributed by atoms with Crippen LogP contribution < -0.4 is 5.73 Å². The van der Waals surface area contributed by atoms with Crippen molar-refractivity contribution in [2.75, 3.05) is 20.3 Å². The van der Waals surface area contributed by atoms with Crippen LogP contribution >= 0.6 is 0 Å². The van der Waals surface area contributed by atoms with Crippen molar-refractivity contribution in [3.05, 3.63) is 0 Å². The molecule has 72 valence electrons. The molecule has 0 atom stereocenters. The summed E-state index contributed by atoms with van der Waals surface area (Å²) in [5, 5.41) is 0. The first-order valence-electron chi connectivity index (χ1n) is 5.02. The highest BCUT2D eigenvalue weighted by Gasteiger charge is 2.32. The van der Waals surface area contributed by atoms with E-state index in [-0.39, 0.29) is 0 Å². The van der Waals surface area contributed by atoms with Gasteiger partial charge in [0.15, 0.2) is 0 Å². The molecule has 1 rings (SSSR count). The molecule has 0 unspecified atom stereocenters. The van der Waals surface area contributed by atoms with E-state index in [9.17, 15) is 0 Å². The third-order valence-electron chi connectivity index (χ3n) is 3.18. The van der Waals surface area contributed by atoms with Crippen molar-refractivity contribution in [1.29, 1.82) is 0 Å². The van der Waals surface area contributed by atoms with Crippen molar-refractivity contribution in [1.82, 2.24) is 0 Å². The standard InChI is InChI=1S/C10H21NO/c1-12-9-7-10(6-8-11)4-2-3-5-10/h2-9,11H2,1H3. The number of ether oxygens (including phenoxy) is 1. The van der Waals surface area contributed by atoms with E-state index in [1.165, 1.54) is 38.5 Å². The van der Waals surface area contributed by atoms with E-state index in [0.29, 0.717) is 5.41 Å². The monoisotopic (exact) mass is 171 g/mol. The maximum Gasteiger partial charge on any atom is 0.0467 e. The second-order valence-corrected chi connectivity index (χ2v) is 3.99. The van der Waals surface area contributed by atoms with Gasteiger partial charge in [0, 0.05) is 13.7 Å². The average molecular weight is 171 g/mol. The molecular formula is C10H21NO. The zero-order valence-electron chi connectivity index (χ0n) is 8.14. The third-order valence-corrected chi connectivity index (χ3v) is 3.18. The Kier molecular flexibility index (Phi) is 4.02. The van der Waals surface area contributed by atoms with Gasteiger partial charge in [-0.1, -0.05) is 12.8 Å². The van der Waals surface area contributed by atoms with E-state index in [4.69, 9.17) is 10.5 Å². The number of methoxy groups -OCH3 is 1. The molecule has 0 aromatic rings. The lowest BCUT2D eigenvalue weighted by Gasteiger charge is -2.27. The van der Waals surface area contributed by atoms with Crippen molar-refractivity contribution in [3.63, 3.8) is 0 Å². The largest absolute Gasteiger partial charge is 0.385 e. The quantitative estimate of drug-likeness (QED) is 0.686. The van der Waals surface area contributed by atoms with Crippen molar-refractivity contribution >= 4 is 0 Å². The molecule has 0 spiro atoms. The van der Waals surface area contributed by atoms with Gasteiger partial charge in [0.1, 0.15) is 0 Å². The van der Waals surface area contributed by atoms with Crippen molar-refractivity contribution in [2.24, 2.45) is 11.1 Å². The molecule has 1 saturated carbocycles. The van der Waals surface area contributed by atoms with Gasteiger partial charge in [-0.3, -0.25) is 0 Å². The smallest absolute Gasteiger partial charge is 0.0467 e. The molecule has 1 aliphatic carbocycles. The average Bonchev–Trinajstić information content (AvgIpc) is 2.51. The van der Waals surface area contributed by atoms with Crippen molar-refractivity contribution < 1.29 is 4.74 Å². The van der Waals surface area contributed by atoms with E-state index < -0.39 is 0 Å². The summed E-state index contributed by atoms with van der Waals surface area (Å²) in [7, 11) is 1.78. The van der Waals surface area contributed by atoms with Crippen LogP contribution in [-0.4, -0.2) is 20.3 Å². The lowest BCUT2D eigenvalue weighted by atomic mass is 9.80. The lowest BCUT2D eigenvalue weighted by molar-refractivity contribution is 0.132. The molecule has 0 heterocycles. The highest BCUT2D eigenvalue weighted by molar-refractivity contribution is 4.84. The predicted molar refractivity (Wildman–Crippen MR) is 51.1 cm³/mol. The van der Waals surface area contributed by atoms with Crippen LogP contribution in [0.1, 0.15) is 38.5 Å². The molecule has 2 nitrogen and oxygen atoms in total. The maximum atomic E-state index is 5.62. The van der Waals surface area contributed by atoms with E-state index in [1.807, 2.05) is 0 Å². The minimum atomic E-state index is 0.546. The van der Waals surface area contributed by atoms with Gasteiger partial charge in [0.05, 0.1) is 0 Å². The fourth-order valence-corrected chi connectivity index (χ4v) is 2.37. The number of rotatable bonds is 5. The Balaban J connectivity index is 2.35. The summed E-state index contributed by atoms with van der Waals surface area (Å²) in [4.78, 5) is 0. The second-order valence-electron chi connectivity index (χ2n) is 3.99. The minimum Gasteiger partial charge on any atom is -0.385 e. The van der Waals surface area contributed by atoms with Gasteiger partial charge in [-0.2, -0.15) is 0 Å². The second kappa shape index (κ2) is 4.83. The molecule has 0 radical (unpaired) electrons. The zero-order valence-corrected chi connectivity index (χ0v) is 8.14. The molecule has 0 saturated heterocycles. The highest BCUT2D eigenvalue weighted by Crippen LogP contribution is 2.43. The fraction of sp³-hybridized carbons (Fsp3) is 1.00. The Bertz CT molecular complexity index is 119. The molecule has 1 fully saturated rings. The number of hydrogen-bond donors (Lipinski definition) is 1. The molecular weight excluding hydrogens is 150 g/mol. The summed E-state index contributed by atoms with van der Waals surface area (Å²) in [6.45, 7) is 1.74.